The van der Waals surface area contributed by atoms with Crippen LogP contribution >= 0.6 is 0 Å². The van der Waals surface area contributed by atoms with E-state index in [0.29, 0.717) is 18.1 Å². The molecule has 6 nitrogen and oxygen atoms in total. The highest BCUT2D eigenvalue weighted by atomic mass is 16.4. The molecule has 0 saturated heterocycles. The number of furan rings is 1. The largest absolute Gasteiger partial charge is 0.478 e. The molecule has 1 rings (SSSR count). The number of carbonyl (C=O) groups is 2. The third-order valence-corrected chi connectivity index (χ3v) is 3.34. The summed E-state index contributed by atoms with van der Waals surface area (Å²) in [5, 5.41) is 11.7. The number of amides is 2. The van der Waals surface area contributed by atoms with E-state index in [1.807, 2.05) is 20.8 Å². The SMILES string of the molecule is CCC(C)N(CC)C(=O)NCc1cc(C(=O)O)c(C)o1. The van der Waals surface area contributed by atoms with Crippen LogP contribution in [-0.4, -0.2) is 34.6 Å². The van der Waals surface area contributed by atoms with Crippen LogP contribution in [0.25, 0.3) is 0 Å². The van der Waals surface area contributed by atoms with Crippen LogP contribution in [0.5, 0.6) is 0 Å². The van der Waals surface area contributed by atoms with Gasteiger partial charge >= 0.3 is 12.0 Å². The van der Waals surface area contributed by atoms with Gasteiger partial charge in [-0.15, -0.1) is 0 Å². The zero-order chi connectivity index (χ0) is 15.3. The molecule has 0 fully saturated rings. The van der Waals surface area contributed by atoms with Gasteiger partial charge in [-0.3, -0.25) is 0 Å². The summed E-state index contributed by atoms with van der Waals surface area (Å²) >= 11 is 0. The molecule has 20 heavy (non-hydrogen) atoms. The fraction of sp³-hybridized carbons (Fsp3) is 0.571. The number of urea groups is 1. The molecule has 112 valence electrons. The average Bonchev–Trinajstić information content (AvgIpc) is 2.78. The molecule has 1 unspecified atom stereocenters. The number of hydrogen-bond donors (Lipinski definition) is 2. The van der Waals surface area contributed by atoms with E-state index in [4.69, 9.17) is 9.52 Å². The van der Waals surface area contributed by atoms with Crippen molar-refractivity contribution in [2.24, 2.45) is 0 Å². The third kappa shape index (κ3) is 3.76. The van der Waals surface area contributed by atoms with Crippen LogP contribution in [0.3, 0.4) is 0 Å². The molecule has 0 aliphatic heterocycles. The van der Waals surface area contributed by atoms with Gasteiger partial charge in [0.1, 0.15) is 17.1 Å². The number of aryl methyl sites for hydroxylation is 1. The van der Waals surface area contributed by atoms with E-state index in [-0.39, 0.29) is 24.2 Å². The Morgan fingerprint density at radius 3 is 2.55 bits per heavy atom. The van der Waals surface area contributed by atoms with Crippen LogP contribution in [0.2, 0.25) is 0 Å². The molecule has 1 aromatic heterocycles. The average molecular weight is 282 g/mol. The molecule has 0 aliphatic rings. The van der Waals surface area contributed by atoms with Crippen LogP contribution in [0, 0.1) is 6.92 Å². The minimum absolute atomic E-state index is 0.128. The number of carboxylic acid groups (broad SMARTS) is 1. The zero-order valence-corrected chi connectivity index (χ0v) is 12.4. The van der Waals surface area contributed by atoms with Crippen LogP contribution in [-0.2, 0) is 6.54 Å². The van der Waals surface area contributed by atoms with Crippen molar-refractivity contribution in [3.63, 3.8) is 0 Å². The smallest absolute Gasteiger partial charge is 0.339 e. The van der Waals surface area contributed by atoms with Crippen molar-refractivity contribution >= 4 is 12.0 Å². The van der Waals surface area contributed by atoms with Gasteiger partial charge in [0.05, 0.1) is 6.54 Å². The summed E-state index contributed by atoms with van der Waals surface area (Å²) in [5.74, 6) is -0.247. The number of nitrogens with zero attached hydrogens (tertiary/aromatic N) is 1. The first-order valence-corrected chi connectivity index (χ1v) is 6.77. The second-order valence-corrected chi connectivity index (χ2v) is 4.69. The van der Waals surface area contributed by atoms with Gasteiger partial charge in [0.15, 0.2) is 0 Å². The fourth-order valence-corrected chi connectivity index (χ4v) is 1.98. The molecular weight excluding hydrogens is 260 g/mol. The van der Waals surface area contributed by atoms with Crippen molar-refractivity contribution in [3.8, 4) is 0 Å². The van der Waals surface area contributed by atoms with E-state index < -0.39 is 5.97 Å². The summed E-state index contributed by atoms with van der Waals surface area (Å²) in [7, 11) is 0. The minimum Gasteiger partial charge on any atom is -0.478 e. The molecule has 6 heteroatoms. The maximum absolute atomic E-state index is 12.0. The lowest BCUT2D eigenvalue weighted by atomic mass is 10.2. The molecule has 0 radical (unpaired) electrons. The van der Waals surface area contributed by atoms with Gasteiger partial charge in [0.2, 0.25) is 0 Å². The van der Waals surface area contributed by atoms with Gasteiger partial charge in [0, 0.05) is 12.6 Å². The van der Waals surface area contributed by atoms with E-state index in [0.717, 1.165) is 6.42 Å². The van der Waals surface area contributed by atoms with Crippen molar-refractivity contribution < 1.29 is 19.1 Å². The highest BCUT2D eigenvalue weighted by Gasteiger charge is 2.18. The fourth-order valence-electron chi connectivity index (χ4n) is 1.98. The van der Waals surface area contributed by atoms with Crippen LogP contribution < -0.4 is 5.32 Å². The van der Waals surface area contributed by atoms with Crippen LogP contribution in [0.4, 0.5) is 4.79 Å². The van der Waals surface area contributed by atoms with Crippen molar-refractivity contribution in [1.29, 1.82) is 0 Å². The molecule has 1 atom stereocenters. The predicted octanol–water partition coefficient (Wildman–Crippen LogP) is 2.62. The van der Waals surface area contributed by atoms with Crippen molar-refractivity contribution in [2.45, 2.75) is 46.7 Å². The monoisotopic (exact) mass is 282 g/mol. The topological polar surface area (TPSA) is 82.8 Å². The Morgan fingerprint density at radius 1 is 1.45 bits per heavy atom. The first-order chi connectivity index (χ1) is 9.40. The Morgan fingerprint density at radius 2 is 2.10 bits per heavy atom. The molecule has 0 saturated carbocycles. The number of nitrogens with one attached hydrogen (secondary N) is 1. The molecule has 2 amide bonds. The van der Waals surface area contributed by atoms with E-state index in [2.05, 4.69) is 5.32 Å². The van der Waals surface area contributed by atoms with Gasteiger partial charge in [-0.05, 0) is 33.3 Å². The molecule has 0 spiro atoms. The quantitative estimate of drug-likeness (QED) is 0.840. The van der Waals surface area contributed by atoms with Gasteiger partial charge in [0.25, 0.3) is 0 Å². The summed E-state index contributed by atoms with van der Waals surface area (Å²) in [6.07, 6.45) is 0.879. The summed E-state index contributed by atoms with van der Waals surface area (Å²) in [6.45, 7) is 8.33. The number of carboxylic acids is 1. The molecule has 0 aromatic carbocycles. The van der Waals surface area contributed by atoms with Gasteiger partial charge in [-0.25, -0.2) is 9.59 Å². The highest BCUT2D eigenvalue weighted by Crippen LogP contribution is 2.14. The standard InChI is InChI=1S/C14H22N2O4/c1-5-9(3)16(6-2)14(19)15-8-11-7-12(13(17)18)10(4)20-11/h7,9H,5-6,8H2,1-4H3,(H,15,19)(H,17,18). The normalized spacial score (nSPS) is 12.0. The third-order valence-electron chi connectivity index (χ3n) is 3.34. The lowest BCUT2D eigenvalue weighted by Gasteiger charge is -2.27. The Kier molecular flexibility index (Phi) is 5.61. The highest BCUT2D eigenvalue weighted by molar-refractivity contribution is 5.88. The van der Waals surface area contributed by atoms with Gasteiger partial charge in [-0.2, -0.15) is 0 Å². The Labute approximate surface area is 118 Å². The van der Waals surface area contributed by atoms with Gasteiger partial charge < -0.3 is 19.7 Å². The Bertz CT molecular complexity index is 482. The van der Waals surface area contributed by atoms with Crippen LogP contribution in [0.1, 0.15) is 49.1 Å². The van der Waals surface area contributed by atoms with Crippen molar-refractivity contribution in [2.75, 3.05) is 6.54 Å². The Hall–Kier alpha value is -1.98. The first kappa shape index (κ1) is 16.1. The number of carbonyl (C=O) groups excluding carboxylic acids is 1. The van der Waals surface area contributed by atoms with E-state index in [1.165, 1.54) is 6.07 Å². The molecule has 1 aromatic rings. The summed E-state index contributed by atoms with van der Waals surface area (Å²) in [5.41, 5.74) is 0.128. The van der Waals surface area contributed by atoms with E-state index in [9.17, 15) is 9.59 Å². The maximum atomic E-state index is 12.0. The van der Waals surface area contributed by atoms with Gasteiger partial charge in [-0.1, -0.05) is 6.92 Å². The summed E-state index contributed by atoms with van der Waals surface area (Å²) in [6, 6.07) is 1.43. The Balaban J connectivity index is 2.64. The predicted molar refractivity (Wildman–Crippen MR) is 74.8 cm³/mol. The van der Waals surface area contributed by atoms with E-state index >= 15 is 0 Å². The molecule has 2 N–H and O–H groups in total. The van der Waals surface area contributed by atoms with Crippen LogP contribution in [0.15, 0.2) is 10.5 Å². The summed E-state index contributed by atoms with van der Waals surface area (Å²) in [4.78, 5) is 24.7. The molecular formula is C14H22N2O4. The lowest BCUT2D eigenvalue weighted by molar-refractivity contribution is 0.0695. The second-order valence-electron chi connectivity index (χ2n) is 4.69. The molecule has 0 aliphatic carbocycles. The zero-order valence-electron chi connectivity index (χ0n) is 12.4. The van der Waals surface area contributed by atoms with Crippen molar-refractivity contribution in [1.82, 2.24) is 10.2 Å². The number of rotatable bonds is 6. The molecule has 0 bridgehead atoms. The second kappa shape index (κ2) is 6.98. The minimum atomic E-state index is -1.03. The number of hydrogen-bond acceptors (Lipinski definition) is 3. The van der Waals surface area contributed by atoms with Crippen molar-refractivity contribution in [3.05, 3.63) is 23.2 Å². The first-order valence-electron chi connectivity index (χ1n) is 6.77. The molecule has 1 heterocycles. The lowest BCUT2D eigenvalue weighted by Crippen LogP contribution is -2.44. The summed E-state index contributed by atoms with van der Waals surface area (Å²) < 4.78 is 5.31. The van der Waals surface area contributed by atoms with E-state index in [1.54, 1.807) is 11.8 Å². The maximum Gasteiger partial charge on any atom is 0.339 e. The number of aromatic carboxylic acids is 1.